The van der Waals surface area contributed by atoms with E-state index in [0.29, 0.717) is 29.4 Å². The molecule has 3 aromatic carbocycles. The second kappa shape index (κ2) is 9.50. The van der Waals surface area contributed by atoms with Crippen molar-refractivity contribution in [3.8, 4) is 16.9 Å². The van der Waals surface area contributed by atoms with Crippen LogP contribution in [-0.2, 0) is 0 Å². The number of aromatic amines is 1. The summed E-state index contributed by atoms with van der Waals surface area (Å²) in [7, 11) is 3.95. The normalized spacial score (nSPS) is 15.1. The average molecular weight is 473 g/mol. The second-order valence-electron chi connectivity index (χ2n) is 9.18. The number of carbonyl (C=O) groups is 1. The van der Waals surface area contributed by atoms with Crippen molar-refractivity contribution in [2.75, 3.05) is 33.8 Å². The Morgan fingerprint density at radius 3 is 2.74 bits per heavy atom. The Labute approximate surface area is 204 Å². The summed E-state index contributed by atoms with van der Waals surface area (Å²) in [5, 5.41) is 8.37. The van der Waals surface area contributed by atoms with E-state index in [2.05, 4.69) is 28.2 Å². The average Bonchev–Trinajstić information content (AvgIpc) is 3.32. The number of hydrogen-bond donors (Lipinski definition) is 1. The van der Waals surface area contributed by atoms with Crippen molar-refractivity contribution in [2.24, 2.45) is 5.92 Å². The van der Waals surface area contributed by atoms with Gasteiger partial charge in [-0.3, -0.25) is 9.89 Å². The van der Waals surface area contributed by atoms with Gasteiger partial charge in [0.2, 0.25) is 0 Å². The third-order valence-electron chi connectivity index (χ3n) is 6.77. The van der Waals surface area contributed by atoms with Gasteiger partial charge in [-0.1, -0.05) is 30.3 Å². The predicted molar refractivity (Wildman–Crippen MR) is 135 cm³/mol. The summed E-state index contributed by atoms with van der Waals surface area (Å²) >= 11 is 0. The smallest absolute Gasteiger partial charge is 0.254 e. The van der Waals surface area contributed by atoms with Crippen molar-refractivity contribution in [3.05, 3.63) is 83.8 Å². The summed E-state index contributed by atoms with van der Waals surface area (Å²) in [4.78, 5) is 17.9. The first-order valence-corrected chi connectivity index (χ1v) is 11.9. The van der Waals surface area contributed by atoms with Gasteiger partial charge in [0.1, 0.15) is 11.6 Å². The Bertz CT molecular complexity index is 1360. The van der Waals surface area contributed by atoms with Crippen LogP contribution in [0.3, 0.4) is 0 Å². The zero-order valence-electron chi connectivity index (χ0n) is 20.2. The number of H-pyrrole nitrogens is 1. The van der Waals surface area contributed by atoms with Crippen LogP contribution < -0.4 is 4.74 Å². The zero-order valence-corrected chi connectivity index (χ0v) is 20.2. The van der Waals surface area contributed by atoms with Crippen molar-refractivity contribution in [2.45, 2.75) is 13.0 Å². The standard InChI is InChI=1S/C28H29FN4O2/c1-4-35-25-14-19(11-12-23(25)18-7-5-9-22(29)13-18)28(34)33(3)27(21-16-32(2)17-21)24-10-6-8-20-15-30-31-26(20)24/h5-15,21,27H,4,16-17H2,1-3H3,(H,30,31)/t27-/m0/s1. The number of hydrogen-bond acceptors (Lipinski definition) is 4. The van der Waals surface area contributed by atoms with Crippen LogP contribution in [0, 0.1) is 11.7 Å². The first kappa shape index (κ1) is 23.1. The second-order valence-corrected chi connectivity index (χ2v) is 9.18. The number of carbonyl (C=O) groups excluding carboxylic acids is 1. The fraction of sp³-hybridized carbons (Fsp3) is 0.286. The highest BCUT2D eigenvalue weighted by Gasteiger charge is 2.38. The molecule has 1 atom stereocenters. The molecule has 5 rings (SSSR count). The molecule has 1 aromatic heterocycles. The molecule has 0 radical (unpaired) electrons. The quantitative estimate of drug-likeness (QED) is 0.405. The van der Waals surface area contributed by atoms with Gasteiger partial charge in [-0.2, -0.15) is 5.10 Å². The Morgan fingerprint density at radius 1 is 1.20 bits per heavy atom. The molecule has 0 bridgehead atoms. The van der Waals surface area contributed by atoms with Gasteiger partial charge < -0.3 is 14.5 Å². The minimum absolute atomic E-state index is 0.0900. The number of halogens is 1. The Balaban J connectivity index is 1.51. The van der Waals surface area contributed by atoms with E-state index < -0.39 is 0 Å². The maximum atomic E-state index is 13.9. The number of amides is 1. The molecular weight excluding hydrogens is 443 g/mol. The first-order valence-electron chi connectivity index (χ1n) is 11.9. The number of fused-ring (bicyclic) bond motifs is 1. The predicted octanol–water partition coefficient (Wildman–Crippen LogP) is 5.14. The van der Waals surface area contributed by atoms with Crippen LogP contribution in [0.4, 0.5) is 4.39 Å². The number of nitrogens with zero attached hydrogens (tertiary/aromatic N) is 3. The lowest BCUT2D eigenvalue weighted by molar-refractivity contribution is 0.0374. The number of para-hydroxylation sites is 1. The molecule has 2 heterocycles. The minimum Gasteiger partial charge on any atom is -0.493 e. The van der Waals surface area contributed by atoms with E-state index in [9.17, 15) is 9.18 Å². The molecule has 0 spiro atoms. The van der Waals surface area contributed by atoms with Gasteiger partial charge in [-0.25, -0.2) is 4.39 Å². The maximum absolute atomic E-state index is 13.9. The summed E-state index contributed by atoms with van der Waals surface area (Å²) in [6, 6.07) is 17.8. The molecule has 1 aliphatic heterocycles. The van der Waals surface area contributed by atoms with Crippen molar-refractivity contribution in [3.63, 3.8) is 0 Å². The number of rotatable bonds is 7. The summed E-state index contributed by atoms with van der Waals surface area (Å²) in [6.45, 7) is 4.16. The van der Waals surface area contributed by atoms with Crippen LogP contribution in [0.15, 0.2) is 66.9 Å². The molecule has 35 heavy (non-hydrogen) atoms. The molecule has 4 aromatic rings. The van der Waals surface area contributed by atoms with Gasteiger partial charge in [-0.05, 0) is 49.9 Å². The van der Waals surface area contributed by atoms with E-state index in [1.807, 2.05) is 49.3 Å². The number of nitrogens with one attached hydrogen (secondary N) is 1. The molecular formula is C28H29FN4O2. The summed E-state index contributed by atoms with van der Waals surface area (Å²) in [5.74, 6) is 0.465. The molecule has 1 N–H and O–H groups in total. The molecule has 0 saturated carbocycles. The lowest BCUT2D eigenvalue weighted by Crippen LogP contribution is -2.51. The lowest BCUT2D eigenvalue weighted by atomic mass is 9.85. The van der Waals surface area contributed by atoms with Crippen molar-refractivity contribution in [1.82, 2.24) is 20.0 Å². The first-order chi connectivity index (χ1) is 17.0. The third kappa shape index (κ3) is 4.39. The van der Waals surface area contributed by atoms with Crippen LogP contribution in [-0.4, -0.2) is 59.7 Å². The van der Waals surface area contributed by atoms with Gasteiger partial charge >= 0.3 is 0 Å². The summed E-state index contributed by atoms with van der Waals surface area (Å²) < 4.78 is 19.7. The monoisotopic (exact) mass is 472 g/mol. The number of likely N-dealkylation sites (tertiary alicyclic amines) is 1. The summed E-state index contributed by atoms with van der Waals surface area (Å²) in [6.07, 6.45) is 1.81. The fourth-order valence-electron chi connectivity index (χ4n) is 5.12. The van der Waals surface area contributed by atoms with E-state index in [1.165, 1.54) is 12.1 Å². The van der Waals surface area contributed by atoms with E-state index in [0.717, 1.165) is 35.1 Å². The number of benzene rings is 3. The minimum atomic E-state index is -0.314. The van der Waals surface area contributed by atoms with E-state index in [4.69, 9.17) is 4.74 Å². The molecule has 7 heteroatoms. The van der Waals surface area contributed by atoms with Crippen molar-refractivity contribution >= 4 is 16.8 Å². The van der Waals surface area contributed by atoms with Crippen molar-refractivity contribution < 1.29 is 13.9 Å². The fourth-order valence-corrected chi connectivity index (χ4v) is 5.12. The highest BCUT2D eigenvalue weighted by Crippen LogP contribution is 2.38. The lowest BCUT2D eigenvalue weighted by Gasteiger charge is -2.45. The van der Waals surface area contributed by atoms with Gasteiger partial charge in [0.15, 0.2) is 0 Å². The molecule has 1 saturated heterocycles. The van der Waals surface area contributed by atoms with Gasteiger partial charge in [0.25, 0.3) is 5.91 Å². The van der Waals surface area contributed by atoms with E-state index >= 15 is 0 Å². The van der Waals surface area contributed by atoms with Crippen LogP contribution in [0.2, 0.25) is 0 Å². The Morgan fingerprint density at radius 2 is 2.00 bits per heavy atom. The molecule has 180 valence electrons. The van der Waals surface area contributed by atoms with Crippen molar-refractivity contribution in [1.29, 1.82) is 0 Å². The van der Waals surface area contributed by atoms with Gasteiger partial charge in [-0.15, -0.1) is 0 Å². The van der Waals surface area contributed by atoms with Crippen LogP contribution >= 0.6 is 0 Å². The van der Waals surface area contributed by atoms with Crippen LogP contribution in [0.1, 0.15) is 28.9 Å². The van der Waals surface area contributed by atoms with Gasteiger partial charge in [0, 0.05) is 48.1 Å². The molecule has 0 aliphatic carbocycles. The number of aromatic nitrogens is 2. The third-order valence-corrected chi connectivity index (χ3v) is 6.77. The molecule has 6 nitrogen and oxygen atoms in total. The maximum Gasteiger partial charge on any atom is 0.254 e. The van der Waals surface area contributed by atoms with Crippen LogP contribution in [0.25, 0.3) is 22.0 Å². The van der Waals surface area contributed by atoms with E-state index in [-0.39, 0.29) is 17.8 Å². The molecule has 1 amide bonds. The Hall–Kier alpha value is -3.71. The largest absolute Gasteiger partial charge is 0.493 e. The zero-order chi connectivity index (χ0) is 24.5. The molecule has 1 aliphatic rings. The topological polar surface area (TPSA) is 61.5 Å². The van der Waals surface area contributed by atoms with Crippen LogP contribution in [0.5, 0.6) is 5.75 Å². The molecule has 1 fully saturated rings. The SMILES string of the molecule is CCOc1cc(C(=O)N(C)[C@H](c2cccc3cn[nH]c23)C2CN(C)C2)ccc1-c1cccc(F)c1. The van der Waals surface area contributed by atoms with E-state index in [1.54, 1.807) is 18.2 Å². The highest BCUT2D eigenvalue weighted by atomic mass is 19.1. The summed E-state index contributed by atoms with van der Waals surface area (Å²) in [5.41, 5.74) is 4.02. The molecule has 0 unspecified atom stereocenters. The Kier molecular flexibility index (Phi) is 6.26. The highest BCUT2D eigenvalue weighted by molar-refractivity contribution is 5.96. The van der Waals surface area contributed by atoms with Gasteiger partial charge in [0.05, 0.1) is 24.4 Å². The number of ether oxygens (including phenoxy) is 1.